The SMILES string of the molecule is O=C(C1CCC1c1nc2c(cnn2C2CCC(F)(F)CC2)c(=O)[nH]1)N1CCOCC1. The zero-order valence-electron chi connectivity index (χ0n) is 16.6. The maximum absolute atomic E-state index is 13.5. The lowest BCUT2D eigenvalue weighted by Gasteiger charge is -2.39. The first-order valence-corrected chi connectivity index (χ1v) is 10.6. The molecule has 0 spiro atoms. The first kappa shape index (κ1) is 19.6. The van der Waals surface area contributed by atoms with Crippen molar-refractivity contribution in [1.82, 2.24) is 24.6 Å². The van der Waals surface area contributed by atoms with Crippen LogP contribution in [0.3, 0.4) is 0 Å². The quantitative estimate of drug-likeness (QED) is 0.820. The summed E-state index contributed by atoms with van der Waals surface area (Å²) in [5.41, 5.74) is 0.125. The first-order chi connectivity index (χ1) is 14.4. The van der Waals surface area contributed by atoms with E-state index in [0.29, 0.717) is 56.0 Å². The maximum Gasteiger partial charge on any atom is 0.262 e. The topological polar surface area (TPSA) is 93.1 Å². The molecule has 2 unspecified atom stereocenters. The maximum atomic E-state index is 13.5. The molecule has 0 radical (unpaired) electrons. The Morgan fingerprint density at radius 1 is 1.17 bits per heavy atom. The summed E-state index contributed by atoms with van der Waals surface area (Å²) in [6, 6.07) is -0.198. The second-order valence-electron chi connectivity index (χ2n) is 8.59. The van der Waals surface area contributed by atoms with Crippen LogP contribution in [0.4, 0.5) is 8.78 Å². The first-order valence-electron chi connectivity index (χ1n) is 10.6. The summed E-state index contributed by atoms with van der Waals surface area (Å²) in [4.78, 5) is 34.9. The minimum Gasteiger partial charge on any atom is -0.378 e. The molecule has 8 nitrogen and oxygen atoms in total. The fourth-order valence-corrected chi connectivity index (χ4v) is 4.81. The van der Waals surface area contributed by atoms with E-state index in [1.807, 2.05) is 4.90 Å². The van der Waals surface area contributed by atoms with Gasteiger partial charge in [0, 0.05) is 37.8 Å². The number of rotatable bonds is 3. The van der Waals surface area contributed by atoms with E-state index in [4.69, 9.17) is 4.74 Å². The van der Waals surface area contributed by atoms with Crippen molar-refractivity contribution in [3.8, 4) is 0 Å². The number of aromatic amines is 1. The number of H-pyrrole nitrogens is 1. The van der Waals surface area contributed by atoms with Crippen LogP contribution in [-0.2, 0) is 9.53 Å². The van der Waals surface area contributed by atoms with Crippen LogP contribution in [0.5, 0.6) is 0 Å². The Balaban J connectivity index is 1.41. The number of ether oxygens (including phenoxy) is 1. The second-order valence-corrected chi connectivity index (χ2v) is 8.59. The molecule has 1 amide bonds. The highest BCUT2D eigenvalue weighted by Gasteiger charge is 2.42. The van der Waals surface area contributed by atoms with Crippen molar-refractivity contribution in [1.29, 1.82) is 0 Å². The summed E-state index contributed by atoms with van der Waals surface area (Å²) in [6.07, 6.45) is 3.22. The number of alkyl halides is 2. The van der Waals surface area contributed by atoms with Crippen molar-refractivity contribution in [3.63, 3.8) is 0 Å². The Morgan fingerprint density at radius 2 is 1.90 bits per heavy atom. The molecule has 1 aliphatic heterocycles. The Bertz CT molecular complexity index is 1000. The number of fused-ring (bicyclic) bond motifs is 1. The number of morpholine rings is 1. The Hall–Kier alpha value is -2.36. The fraction of sp³-hybridized carbons (Fsp3) is 0.700. The minimum atomic E-state index is -2.63. The third kappa shape index (κ3) is 3.40. The molecule has 1 saturated heterocycles. The van der Waals surface area contributed by atoms with E-state index in [1.54, 1.807) is 4.68 Å². The molecule has 10 heteroatoms. The van der Waals surface area contributed by atoms with Gasteiger partial charge in [-0.1, -0.05) is 0 Å². The van der Waals surface area contributed by atoms with Gasteiger partial charge >= 0.3 is 0 Å². The van der Waals surface area contributed by atoms with Crippen LogP contribution in [0.25, 0.3) is 11.0 Å². The third-order valence-electron chi connectivity index (χ3n) is 6.78. The van der Waals surface area contributed by atoms with Gasteiger partial charge in [-0.25, -0.2) is 18.4 Å². The van der Waals surface area contributed by atoms with Crippen molar-refractivity contribution in [3.05, 3.63) is 22.4 Å². The monoisotopic (exact) mass is 421 g/mol. The molecule has 5 rings (SSSR count). The predicted molar refractivity (Wildman–Crippen MR) is 103 cm³/mol. The van der Waals surface area contributed by atoms with Crippen molar-refractivity contribution in [2.45, 2.75) is 56.4 Å². The van der Waals surface area contributed by atoms with Crippen molar-refractivity contribution < 1.29 is 18.3 Å². The number of halogens is 2. The summed E-state index contributed by atoms with van der Waals surface area (Å²) < 4.78 is 34.0. The molecule has 3 heterocycles. The number of nitrogens with one attached hydrogen (secondary N) is 1. The molecule has 2 saturated carbocycles. The predicted octanol–water partition coefficient (Wildman–Crippen LogP) is 2.22. The third-order valence-corrected chi connectivity index (χ3v) is 6.78. The van der Waals surface area contributed by atoms with E-state index in [1.165, 1.54) is 6.20 Å². The molecule has 2 aromatic heterocycles. The van der Waals surface area contributed by atoms with Gasteiger partial charge in [-0.15, -0.1) is 0 Å². The highest BCUT2D eigenvalue weighted by molar-refractivity contribution is 5.81. The Kier molecular flexibility index (Phi) is 4.83. The number of nitrogens with zero attached hydrogens (tertiary/aromatic N) is 4. The summed E-state index contributed by atoms with van der Waals surface area (Å²) in [7, 11) is 0. The van der Waals surface area contributed by atoms with E-state index in [2.05, 4.69) is 15.1 Å². The largest absolute Gasteiger partial charge is 0.378 e. The number of carbonyl (C=O) groups is 1. The summed E-state index contributed by atoms with van der Waals surface area (Å²) in [5, 5.41) is 4.65. The number of aromatic nitrogens is 4. The van der Waals surface area contributed by atoms with Crippen LogP contribution in [0.2, 0.25) is 0 Å². The second kappa shape index (κ2) is 7.40. The van der Waals surface area contributed by atoms with Gasteiger partial charge in [-0.3, -0.25) is 9.59 Å². The highest BCUT2D eigenvalue weighted by Crippen LogP contribution is 2.43. The van der Waals surface area contributed by atoms with Gasteiger partial charge in [0.05, 0.1) is 25.5 Å². The normalized spacial score (nSPS) is 27.2. The van der Waals surface area contributed by atoms with Crippen LogP contribution < -0.4 is 5.56 Å². The number of hydrogen-bond donors (Lipinski definition) is 1. The lowest BCUT2D eigenvalue weighted by molar-refractivity contribution is -0.143. The zero-order chi connectivity index (χ0) is 20.9. The van der Waals surface area contributed by atoms with Crippen LogP contribution >= 0.6 is 0 Å². The fourth-order valence-electron chi connectivity index (χ4n) is 4.81. The van der Waals surface area contributed by atoms with Crippen molar-refractivity contribution in [2.24, 2.45) is 5.92 Å². The summed E-state index contributed by atoms with van der Waals surface area (Å²) in [6.45, 7) is 2.27. The van der Waals surface area contributed by atoms with Gasteiger partial charge in [0.15, 0.2) is 5.65 Å². The van der Waals surface area contributed by atoms with E-state index in [0.717, 1.165) is 12.8 Å². The average Bonchev–Trinajstić information content (AvgIpc) is 3.12. The standard InChI is InChI=1S/C20H25F2N5O3/c21-20(22)5-3-12(4-6-20)27-17-15(11-23-27)18(28)25-16(24-17)13-1-2-14(13)19(29)26-7-9-30-10-8-26/h11-14H,1-10H2,(H,24,25,28). The van der Waals surface area contributed by atoms with Gasteiger partial charge < -0.3 is 14.6 Å². The van der Waals surface area contributed by atoms with Crippen LogP contribution in [0, 0.1) is 5.92 Å². The summed E-state index contributed by atoms with van der Waals surface area (Å²) in [5.74, 6) is -2.40. The molecule has 3 fully saturated rings. The van der Waals surface area contributed by atoms with Crippen LogP contribution in [0.1, 0.15) is 56.3 Å². The van der Waals surface area contributed by atoms with Gasteiger partial charge in [0.25, 0.3) is 5.56 Å². The van der Waals surface area contributed by atoms with Crippen molar-refractivity contribution >= 4 is 16.9 Å². The Morgan fingerprint density at radius 3 is 2.57 bits per heavy atom. The lowest BCUT2D eigenvalue weighted by Crippen LogP contribution is -2.47. The summed E-state index contributed by atoms with van der Waals surface area (Å²) >= 11 is 0. The zero-order valence-corrected chi connectivity index (χ0v) is 16.6. The Labute approximate surface area is 171 Å². The van der Waals surface area contributed by atoms with Gasteiger partial charge in [0.2, 0.25) is 11.8 Å². The average molecular weight is 421 g/mol. The number of amides is 1. The molecule has 0 bridgehead atoms. The van der Waals surface area contributed by atoms with E-state index >= 15 is 0 Å². The smallest absolute Gasteiger partial charge is 0.262 e. The molecule has 162 valence electrons. The molecule has 1 N–H and O–H groups in total. The molecule has 30 heavy (non-hydrogen) atoms. The van der Waals surface area contributed by atoms with E-state index in [-0.39, 0.29) is 42.2 Å². The molecule has 0 aromatic carbocycles. The molecule has 2 aliphatic carbocycles. The molecular weight excluding hydrogens is 396 g/mol. The van der Waals surface area contributed by atoms with E-state index in [9.17, 15) is 18.4 Å². The van der Waals surface area contributed by atoms with Gasteiger partial charge in [-0.05, 0) is 25.7 Å². The molecule has 2 atom stereocenters. The number of hydrogen-bond acceptors (Lipinski definition) is 5. The molecular formula is C20H25F2N5O3. The van der Waals surface area contributed by atoms with Gasteiger partial charge in [-0.2, -0.15) is 5.10 Å². The molecule has 2 aromatic rings. The van der Waals surface area contributed by atoms with Crippen molar-refractivity contribution in [2.75, 3.05) is 26.3 Å². The van der Waals surface area contributed by atoms with Crippen LogP contribution in [0.15, 0.2) is 11.0 Å². The van der Waals surface area contributed by atoms with Gasteiger partial charge in [0.1, 0.15) is 11.2 Å². The highest BCUT2D eigenvalue weighted by atomic mass is 19.3. The van der Waals surface area contributed by atoms with Crippen LogP contribution in [-0.4, -0.2) is 62.8 Å². The molecule has 3 aliphatic rings. The van der Waals surface area contributed by atoms with E-state index < -0.39 is 5.92 Å². The number of carbonyl (C=O) groups excluding carboxylic acids is 1. The lowest BCUT2D eigenvalue weighted by atomic mass is 9.72. The minimum absolute atomic E-state index is 0.0836.